The maximum Gasteiger partial charge on any atom is 1.00 e. The molecule has 0 saturated heterocycles. The first-order chi connectivity index (χ1) is 19.8. The number of oxazole rings is 1. The molecule has 0 fully saturated rings. The van der Waals surface area contributed by atoms with Gasteiger partial charge in [-0.15, -0.1) is 43.9 Å². The van der Waals surface area contributed by atoms with Crippen LogP contribution >= 0.6 is 36.7 Å². The Labute approximate surface area is 283 Å². The van der Waals surface area contributed by atoms with Crippen molar-refractivity contribution >= 4 is 102 Å². The van der Waals surface area contributed by atoms with E-state index < -0.39 is 31.8 Å². The first-order valence-corrected chi connectivity index (χ1v) is 14.6. The van der Waals surface area contributed by atoms with Crippen LogP contribution in [-0.2, 0) is 31.8 Å². The zero-order valence-electron chi connectivity index (χ0n) is 21.4. The second kappa shape index (κ2) is 21.3. The molecule has 222 valence electrons. The van der Waals surface area contributed by atoms with Gasteiger partial charge in [0, 0.05) is 0 Å². The van der Waals surface area contributed by atoms with Gasteiger partial charge in [-0.2, -0.15) is 18.2 Å². The maximum atomic E-state index is 8.44. The average molecular weight is 714 g/mol. The van der Waals surface area contributed by atoms with E-state index in [0.717, 1.165) is 33.2 Å². The van der Waals surface area contributed by atoms with Gasteiger partial charge in [0.05, 0.1) is 16.6 Å². The summed E-state index contributed by atoms with van der Waals surface area (Å²) in [5.41, 5.74) is 5.93. The quantitative estimate of drug-likeness (QED) is 0.0829. The predicted octanol–water partition coefficient (Wildman–Crippen LogP) is 0.733. The van der Waals surface area contributed by atoms with Crippen molar-refractivity contribution in [1.29, 1.82) is 0 Å². The Morgan fingerprint density at radius 2 is 0.907 bits per heavy atom. The second-order valence-corrected chi connectivity index (χ2v) is 9.21. The van der Waals surface area contributed by atoms with Crippen LogP contribution in [-0.4, -0.2) is 62.8 Å². The van der Waals surface area contributed by atoms with Crippen LogP contribution in [0.15, 0.2) is 71.1 Å². The molecule has 15 nitrogen and oxygen atoms in total. The van der Waals surface area contributed by atoms with Crippen molar-refractivity contribution in [1.82, 2.24) is 24.9 Å². The minimum Gasteiger partial charge on any atom is -0.429 e. The van der Waals surface area contributed by atoms with E-state index in [2.05, 4.69) is 31.0 Å². The molecule has 6 aromatic rings. The van der Waals surface area contributed by atoms with Gasteiger partial charge < -0.3 is 29.3 Å². The van der Waals surface area contributed by atoms with Gasteiger partial charge in [0.1, 0.15) is 0 Å². The molecule has 22 heteroatoms. The molecule has 3 aromatic heterocycles. The number of rotatable bonds is 0. The summed E-state index contributed by atoms with van der Waals surface area (Å²) in [6.07, 6.45) is 0. The predicted molar refractivity (Wildman–Crippen MR) is 156 cm³/mol. The number of nitrogens with one attached hydrogen (secondary N) is 5. The fraction of sp³-hybridized carbons (Fsp3) is 0. The summed E-state index contributed by atoms with van der Waals surface area (Å²) in [4.78, 5) is 15.4. The number of H-pyrrole nitrogens is 5. The number of aromatic amines is 5. The second-order valence-electron chi connectivity index (χ2n) is 6.80. The molecule has 0 saturated carbocycles. The zero-order valence-corrected chi connectivity index (χ0v) is 28.3. The Balaban J connectivity index is 0.000000517. The van der Waals surface area contributed by atoms with Crippen LogP contribution in [0.1, 0.15) is 0 Å². The minimum atomic E-state index is -3.11. The van der Waals surface area contributed by atoms with Gasteiger partial charge in [-0.25, -0.2) is 0 Å². The number of para-hydroxylation sites is 4. The molecule has 0 unspecified atom stereocenters. The van der Waals surface area contributed by atoms with Crippen LogP contribution in [0.3, 0.4) is 0 Å². The van der Waals surface area contributed by atoms with Crippen molar-refractivity contribution in [3.05, 3.63) is 87.2 Å². The molecule has 3 aromatic carbocycles. The molecule has 0 aliphatic rings. The van der Waals surface area contributed by atoms with Crippen molar-refractivity contribution in [2.75, 3.05) is 0 Å². The SMILES string of the molecule is O=S(=O)=O.O=S(=O)=O.O=S(=O)=O.S=c1[nH]c2c[c-]ccc2[nH]1.S=c1[nH]c2ccccc2[nH]1.S=c1[nH]c2ccccc2o1.[Na+]. The van der Waals surface area contributed by atoms with Crippen molar-refractivity contribution in [3.63, 3.8) is 0 Å². The van der Waals surface area contributed by atoms with Crippen molar-refractivity contribution in [2.24, 2.45) is 0 Å². The van der Waals surface area contributed by atoms with Gasteiger partial charge in [0.15, 0.2) is 15.1 Å². The minimum absolute atomic E-state index is 0. The van der Waals surface area contributed by atoms with E-state index in [9.17, 15) is 0 Å². The van der Waals surface area contributed by atoms with E-state index in [1.165, 1.54) is 0 Å². The standard InChI is InChI=1S/C7H6N2S.C7H5N2S.C7H5NOS.Na.3O3S/c3*10-7-8-5-3-1-2-4-6(5)9-7;;3*1-4(2)3/h1-4H,(H2,8,9,10);1,3-4H,(H2,8,9,10);1-4H,(H,8,10);;;;/q;-1;;+1;;;. The van der Waals surface area contributed by atoms with Crippen molar-refractivity contribution in [2.45, 2.75) is 0 Å². The molecular weight excluding hydrogens is 698 g/mol. The molecule has 0 bridgehead atoms. The Morgan fingerprint density at radius 1 is 0.535 bits per heavy atom. The van der Waals surface area contributed by atoms with Gasteiger partial charge in [-0.05, 0) is 72.0 Å². The molecule has 5 N–H and O–H groups in total. The topological polar surface area (TPSA) is 246 Å². The first-order valence-electron chi connectivity index (χ1n) is 10.4. The van der Waals surface area contributed by atoms with Crippen LogP contribution in [0.5, 0.6) is 0 Å². The van der Waals surface area contributed by atoms with Crippen LogP contribution in [0.25, 0.3) is 33.2 Å². The van der Waals surface area contributed by atoms with Gasteiger partial charge in [-0.3, -0.25) is 0 Å². The van der Waals surface area contributed by atoms with Gasteiger partial charge in [0.2, 0.25) is 0 Å². The first kappa shape index (κ1) is 39.6. The molecule has 0 spiro atoms. The van der Waals surface area contributed by atoms with Crippen LogP contribution in [0, 0.1) is 20.4 Å². The number of imidazole rings is 2. The van der Waals surface area contributed by atoms with Gasteiger partial charge in [0.25, 0.3) is 4.84 Å². The summed E-state index contributed by atoms with van der Waals surface area (Å²) in [6, 6.07) is 24.2. The Hall–Kier alpha value is -3.41. The monoisotopic (exact) mass is 713 g/mol. The fourth-order valence-electron chi connectivity index (χ4n) is 2.79. The molecule has 0 aliphatic heterocycles. The molecule has 43 heavy (non-hydrogen) atoms. The third-order valence-corrected chi connectivity index (χ3v) is 4.70. The van der Waals surface area contributed by atoms with Crippen LogP contribution in [0.2, 0.25) is 0 Å². The van der Waals surface area contributed by atoms with E-state index in [1.807, 2.05) is 66.7 Å². The van der Waals surface area contributed by atoms with Gasteiger partial charge in [-0.1, -0.05) is 24.3 Å². The smallest absolute Gasteiger partial charge is 0.429 e. The molecule has 0 atom stereocenters. The number of hydrogen-bond donors (Lipinski definition) is 5. The number of aromatic nitrogens is 5. The van der Waals surface area contributed by atoms with E-state index in [4.69, 9.17) is 79.0 Å². The zero-order chi connectivity index (χ0) is 31.7. The van der Waals surface area contributed by atoms with E-state index in [0.29, 0.717) is 14.4 Å². The third kappa shape index (κ3) is 18.0. The molecule has 0 amide bonds. The Morgan fingerprint density at radius 3 is 1.33 bits per heavy atom. The Bertz CT molecular complexity index is 1880. The van der Waals surface area contributed by atoms with Gasteiger partial charge >= 0.3 is 61.4 Å². The summed E-state index contributed by atoms with van der Waals surface area (Å²) >= 11 is 14.6. The summed E-state index contributed by atoms with van der Waals surface area (Å²) in [6.45, 7) is 0. The van der Waals surface area contributed by atoms with Crippen LogP contribution < -0.4 is 29.6 Å². The Kier molecular flexibility index (Phi) is 19.6. The molecule has 0 radical (unpaired) electrons. The number of hydrogen-bond acceptors (Lipinski definition) is 13. The molecule has 6 rings (SSSR count). The van der Waals surface area contributed by atoms with Crippen molar-refractivity contribution in [3.8, 4) is 0 Å². The third-order valence-electron chi connectivity index (χ3n) is 4.11. The summed E-state index contributed by atoms with van der Waals surface area (Å²) in [7, 11) is -9.33. The largest absolute Gasteiger partial charge is 1.00 e. The number of benzene rings is 3. The van der Waals surface area contributed by atoms with Crippen LogP contribution in [0.4, 0.5) is 0 Å². The summed E-state index contributed by atoms with van der Waals surface area (Å²) in [5.74, 6) is 0. The fourth-order valence-corrected chi connectivity index (χ4v) is 3.43. The summed E-state index contributed by atoms with van der Waals surface area (Å²) in [5, 5.41) is 0. The van der Waals surface area contributed by atoms with E-state index >= 15 is 0 Å². The molecular formula is C21H16N5NaO10S6. The van der Waals surface area contributed by atoms with Crippen molar-refractivity contribution < 1.29 is 71.9 Å². The van der Waals surface area contributed by atoms with E-state index in [1.54, 1.807) is 0 Å². The normalized spacial score (nSPS) is 8.93. The summed E-state index contributed by atoms with van der Waals surface area (Å²) < 4.78 is 82.5. The number of fused-ring (bicyclic) bond motifs is 3. The maximum absolute atomic E-state index is 8.44. The van der Waals surface area contributed by atoms with E-state index in [-0.39, 0.29) is 29.6 Å². The molecule has 3 heterocycles. The molecule has 0 aliphatic carbocycles. The average Bonchev–Trinajstić information content (AvgIpc) is 3.57.